The second-order valence-electron chi connectivity index (χ2n) is 8.14. The zero-order chi connectivity index (χ0) is 20.0. The average Bonchev–Trinajstić information content (AvgIpc) is 2.48. The first-order valence-electron chi connectivity index (χ1n) is 8.84. The summed E-state index contributed by atoms with van der Waals surface area (Å²) in [6.45, 7) is 10.6. The predicted molar refractivity (Wildman–Crippen MR) is 99.9 cm³/mol. The Hall–Kier alpha value is -2.08. The number of ether oxygens (including phenoxy) is 2. The Kier molecular flexibility index (Phi) is 7.63. The van der Waals surface area contributed by atoms with Crippen molar-refractivity contribution in [2.45, 2.75) is 72.2 Å². The van der Waals surface area contributed by atoms with Crippen LogP contribution in [0.3, 0.4) is 0 Å². The number of hydrogen-bond donors (Lipinski definition) is 1. The quantitative estimate of drug-likeness (QED) is 0.842. The van der Waals surface area contributed by atoms with Gasteiger partial charge >= 0.3 is 12.2 Å². The van der Waals surface area contributed by atoms with Crippen molar-refractivity contribution in [2.24, 2.45) is 0 Å². The van der Waals surface area contributed by atoms with Crippen LogP contribution in [0.2, 0.25) is 0 Å². The number of benzene rings is 1. The third-order valence-electron chi connectivity index (χ3n) is 3.34. The summed E-state index contributed by atoms with van der Waals surface area (Å²) < 4.78 is 10.7. The van der Waals surface area contributed by atoms with E-state index in [2.05, 4.69) is 0 Å². The summed E-state index contributed by atoms with van der Waals surface area (Å²) in [4.78, 5) is 25.8. The molecule has 26 heavy (non-hydrogen) atoms. The molecular formula is C20H31NO5. The van der Waals surface area contributed by atoms with Gasteiger partial charge in [0.15, 0.2) is 0 Å². The van der Waals surface area contributed by atoms with Gasteiger partial charge in [-0.15, -0.1) is 0 Å². The van der Waals surface area contributed by atoms with E-state index in [4.69, 9.17) is 9.47 Å². The van der Waals surface area contributed by atoms with Gasteiger partial charge in [-0.2, -0.15) is 0 Å². The van der Waals surface area contributed by atoms with Crippen LogP contribution < -0.4 is 0 Å². The molecule has 1 aromatic carbocycles. The topological polar surface area (TPSA) is 76.1 Å². The summed E-state index contributed by atoms with van der Waals surface area (Å²) in [5.74, 6) is 0. The number of imide groups is 1. The van der Waals surface area contributed by atoms with Crippen LogP contribution in [0.5, 0.6) is 0 Å². The Labute approximate surface area is 156 Å². The molecule has 0 saturated carbocycles. The fourth-order valence-corrected chi connectivity index (χ4v) is 2.27. The lowest BCUT2D eigenvalue weighted by molar-refractivity contribution is 0.00129. The lowest BCUT2D eigenvalue weighted by Gasteiger charge is -2.28. The Morgan fingerprint density at radius 3 is 1.81 bits per heavy atom. The summed E-state index contributed by atoms with van der Waals surface area (Å²) in [6.07, 6.45) is -0.279. The van der Waals surface area contributed by atoms with Crippen LogP contribution in [0, 0.1) is 0 Å². The number of nitrogens with zero attached hydrogens (tertiary/aromatic N) is 1. The molecule has 6 heteroatoms. The number of aliphatic hydroxyl groups is 1. The summed E-state index contributed by atoms with van der Waals surface area (Å²) in [6, 6.07) is 7.54. The van der Waals surface area contributed by atoms with Gasteiger partial charge < -0.3 is 14.6 Å². The summed E-state index contributed by atoms with van der Waals surface area (Å²) in [5, 5.41) is 9.40. The molecule has 0 fully saturated rings. The minimum Gasteiger partial charge on any atom is -0.443 e. The van der Waals surface area contributed by atoms with Crippen LogP contribution in [0.25, 0.3) is 0 Å². The number of carbonyl (C=O) groups is 2. The highest BCUT2D eigenvalue weighted by molar-refractivity contribution is 5.88. The van der Waals surface area contributed by atoms with E-state index in [-0.39, 0.29) is 13.2 Å². The lowest BCUT2D eigenvalue weighted by Crippen LogP contribution is -2.44. The van der Waals surface area contributed by atoms with Crippen LogP contribution in [-0.4, -0.2) is 39.9 Å². The minimum atomic E-state index is -0.720. The first-order valence-corrected chi connectivity index (χ1v) is 8.84. The lowest BCUT2D eigenvalue weighted by atomic mass is 10.0. The first kappa shape index (κ1) is 22.0. The van der Waals surface area contributed by atoms with E-state index in [1.807, 2.05) is 24.3 Å². The second kappa shape index (κ2) is 9.03. The summed E-state index contributed by atoms with van der Waals surface area (Å²) in [7, 11) is 0. The van der Waals surface area contributed by atoms with Crippen LogP contribution in [0.1, 0.15) is 59.1 Å². The molecule has 0 aliphatic rings. The van der Waals surface area contributed by atoms with E-state index in [1.54, 1.807) is 41.5 Å². The van der Waals surface area contributed by atoms with E-state index in [9.17, 15) is 14.7 Å². The molecule has 0 atom stereocenters. The summed E-state index contributed by atoms with van der Waals surface area (Å²) in [5.41, 5.74) is 0.415. The minimum absolute atomic E-state index is 0.0436. The number of aliphatic hydroxyl groups excluding tert-OH is 1. The highest BCUT2D eigenvalue weighted by atomic mass is 16.6. The number of carbonyl (C=O) groups excluding carboxylic acids is 2. The van der Waals surface area contributed by atoms with Crippen molar-refractivity contribution in [3.63, 3.8) is 0 Å². The van der Waals surface area contributed by atoms with Gasteiger partial charge in [-0.25, -0.2) is 14.5 Å². The molecule has 0 aliphatic heterocycles. The highest BCUT2D eigenvalue weighted by Gasteiger charge is 2.30. The van der Waals surface area contributed by atoms with Crippen molar-refractivity contribution in [1.82, 2.24) is 4.90 Å². The van der Waals surface area contributed by atoms with Crippen LogP contribution >= 0.6 is 0 Å². The van der Waals surface area contributed by atoms with Crippen molar-refractivity contribution >= 4 is 12.2 Å². The van der Waals surface area contributed by atoms with Crippen molar-refractivity contribution in [3.8, 4) is 0 Å². The molecule has 2 amide bonds. The first-order chi connectivity index (χ1) is 11.9. The molecule has 0 radical (unpaired) electrons. The third-order valence-corrected chi connectivity index (χ3v) is 3.34. The van der Waals surface area contributed by atoms with Gasteiger partial charge in [0.05, 0.1) is 6.61 Å². The molecule has 0 heterocycles. The fraction of sp³-hybridized carbons (Fsp3) is 0.600. The predicted octanol–water partition coefficient (Wildman–Crippen LogP) is 4.28. The van der Waals surface area contributed by atoms with Crippen molar-refractivity contribution < 1.29 is 24.2 Å². The Morgan fingerprint density at radius 2 is 1.38 bits per heavy atom. The molecule has 0 aromatic heterocycles. The van der Waals surface area contributed by atoms with Crippen molar-refractivity contribution in [2.75, 3.05) is 6.54 Å². The van der Waals surface area contributed by atoms with E-state index in [0.717, 1.165) is 16.0 Å². The van der Waals surface area contributed by atoms with E-state index in [0.29, 0.717) is 12.8 Å². The summed E-state index contributed by atoms with van der Waals surface area (Å²) >= 11 is 0. The van der Waals surface area contributed by atoms with Crippen LogP contribution in [-0.2, 0) is 22.5 Å². The van der Waals surface area contributed by atoms with Crippen LogP contribution in [0.4, 0.5) is 9.59 Å². The number of rotatable bonds is 5. The zero-order valence-electron chi connectivity index (χ0n) is 16.7. The van der Waals surface area contributed by atoms with E-state index >= 15 is 0 Å². The van der Waals surface area contributed by atoms with Crippen LogP contribution in [0.15, 0.2) is 24.3 Å². The molecule has 0 aliphatic carbocycles. The normalized spacial score (nSPS) is 11.8. The largest absolute Gasteiger partial charge is 0.443 e. The SMILES string of the molecule is CC(C)(C)OC(=O)N(CCCc1ccccc1CO)C(=O)OC(C)(C)C. The monoisotopic (exact) mass is 365 g/mol. The van der Waals surface area contributed by atoms with E-state index in [1.165, 1.54) is 0 Å². The molecule has 1 rings (SSSR count). The second-order valence-corrected chi connectivity index (χ2v) is 8.14. The third kappa shape index (κ3) is 7.87. The molecule has 6 nitrogen and oxygen atoms in total. The standard InChI is InChI=1S/C20H31NO5/c1-19(2,3)25-17(23)21(18(24)26-20(4,5)6)13-9-12-15-10-7-8-11-16(15)14-22/h7-8,10-11,22H,9,12-14H2,1-6H3. The molecule has 1 N–H and O–H groups in total. The highest BCUT2D eigenvalue weighted by Crippen LogP contribution is 2.16. The molecule has 0 spiro atoms. The van der Waals surface area contributed by atoms with Gasteiger partial charge in [-0.1, -0.05) is 24.3 Å². The van der Waals surface area contributed by atoms with Gasteiger partial charge in [0, 0.05) is 6.54 Å². The smallest absolute Gasteiger partial charge is 0.419 e. The zero-order valence-corrected chi connectivity index (χ0v) is 16.7. The molecule has 0 bridgehead atoms. The molecule has 1 aromatic rings. The van der Waals surface area contributed by atoms with E-state index < -0.39 is 23.4 Å². The fourth-order valence-electron chi connectivity index (χ4n) is 2.27. The van der Waals surface area contributed by atoms with Gasteiger partial charge in [-0.3, -0.25) is 0 Å². The Bertz CT molecular complexity index is 585. The van der Waals surface area contributed by atoms with Gasteiger partial charge in [0.25, 0.3) is 0 Å². The maximum absolute atomic E-state index is 12.4. The van der Waals surface area contributed by atoms with Gasteiger partial charge in [-0.05, 0) is 65.5 Å². The van der Waals surface area contributed by atoms with Gasteiger partial charge in [0.2, 0.25) is 0 Å². The average molecular weight is 365 g/mol. The molecule has 0 unspecified atom stereocenters. The number of hydrogen-bond acceptors (Lipinski definition) is 5. The number of aryl methyl sites for hydroxylation is 1. The molecule has 146 valence electrons. The Morgan fingerprint density at radius 1 is 0.923 bits per heavy atom. The molecular weight excluding hydrogens is 334 g/mol. The maximum atomic E-state index is 12.4. The van der Waals surface area contributed by atoms with Crippen molar-refractivity contribution in [3.05, 3.63) is 35.4 Å². The number of amides is 2. The van der Waals surface area contributed by atoms with Gasteiger partial charge in [0.1, 0.15) is 11.2 Å². The maximum Gasteiger partial charge on any atom is 0.419 e. The van der Waals surface area contributed by atoms with Crippen molar-refractivity contribution in [1.29, 1.82) is 0 Å². The molecule has 0 saturated heterocycles. The Balaban J connectivity index is 2.81.